The molecule has 1 saturated carbocycles. The molecule has 0 bridgehead atoms. The van der Waals surface area contributed by atoms with E-state index in [0.717, 1.165) is 0 Å². The quantitative estimate of drug-likeness (QED) is 0.730. The molecule has 1 fully saturated rings. The number of ether oxygens (including phenoxy) is 1. The Labute approximate surface area is 81.3 Å². The molecule has 2 nitrogen and oxygen atoms in total. The van der Waals surface area contributed by atoms with Crippen LogP contribution in [0, 0.1) is 5.92 Å². The molecule has 1 aliphatic rings. The summed E-state index contributed by atoms with van der Waals surface area (Å²) in [6.45, 7) is 5.16. The Balaban J connectivity index is 2.24. The molecule has 0 aliphatic heterocycles. The van der Waals surface area contributed by atoms with E-state index in [0.29, 0.717) is 6.61 Å². The molecular weight excluding hydrogens is 164 g/mol. The normalized spacial score (nSPS) is 24.2. The van der Waals surface area contributed by atoms with Gasteiger partial charge in [-0.2, -0.15) is 0 Å². The molecule has 1 N–H and O–H groups in total. The van der Waals surface area contributed by atoms with Crippen LogP contribution in [0.25, 0.3) is 0 Å². The van der Waals surface area contributed by atoms with E-state index in [2.05, 4.69) is 6.92 Å². The molecule has 0 radical (unpaired) electrons. The molecule has 1 atom stereocenters. The maximum atomic E-state index is 8.87. The van der Waals surface area contributed by atoms with E-state index < -0.39 is 0 Å². The number of aliphatic hydroxyl groups is 1. The lowest BCUT2D eigenvalue weighted by atomic mass is 9.86. The van der Waals surface area contributed by atoms with Crippen LogP contribution in [0.15, 0.2) is 0 Å². The fourth-order valence-electron chi connectivity index (χ4n) is 1.84. The van der Waals surface area contributed by atoms with Gasteiger partial charge < -0.3 is 9.84 Å². The van der Waals surface area contributed by atoms with Crippen molar-refractivity contribution in [3.05, 3.63) is 0 Å². The summed E-state index contributed by atoms with van der Waals surface area (Å²) in [6.07, 6.45) is 6.32. The maximum Gasteiger partial charge on any atom is 0.0654 e. The SMILES string of the molecule is CC(CO)COC1(C)CCCCC1. The van der Waals surface area contributed by atoms with Crippen molar-refractivity contribution in [1.82, 2.24) is 0 Å². The highest BCUT2D eigenvalue weighted by molar-refractivity contribution is 4.79. The molecule has 1 unspecified atom stereocenters. The third-order valence-corrected chi connectivity index (χ3v) is 2.94. The van der Waals surface area contributed by atoms with Gasteiger partial charge in [0, 0.05) is 12.5 Å². The van der Waals surface area contributed by atoms with Crippen molar-refractivity contribution in [2.45, 2.75) is 51.6 Å². The Kier molecular flexibility index (Phi) is 4.20. The van der Waals surface area contributed by atoms with Gasteiger partial charge in [0.15, 0.2) is 0 Å². The predicted octanol–water partition coefficient (Wildman–Crippen LogP) is 2.35. The second-order valence-electron chi connectivity index (χ2n) is 4.61. The molecule has 13 heavy (non-hydrogen) atoms. The summed E-state index contributed by atoms with van der Waals surface area (Å²) in [5, 5.41) is 8.87. The van der Waals surface area contributed by atoms with Crippen LogP contribution in [0.4, 0.5) is 0 Å². The zero-order chi connectivity index (χ0) is 9.73. The second-order valence-corrected chi connectivity index (χ2v) is 4.61. The monoisotopic (exact) mass is 186 g/mol. The fraction of sp³-hybridized carbons (Fsp3) is 1.00. The summed E-state index contributed by atoms with van der Waals surface area (Å²) in [6, 6.07) is 0. The van der Waals surface area contributed by atoms with Gasteiger partial charge in [0.05, 0.1) is 12.2 Å². The van der Waals surface area contributed by atoms with Gasteiger partial charge in [0.1, 0.15) is 0 Å². The first-order valence-electron chi connectivity index (χ1n) is 5.41. The number of hydrogen-bond donors (Lipinski definition) is 1. The fourth-order valence-corrected chi connectivity index (χ4v) is 1.84. The Hall–Kier alpha value is -0.0800. The molecule has 0 heterocycles. The zero-order valence-electron chi connectivity index (χ0n) is 8.88. The van der Waals surface area contributed by atoms with Crippen molar-refractivity contribution in [2.24, 2.45) is 5.92 Å². The van der Waals surface area contributed by atoms with Crippen molar-refractivity contribution < 1.29 is 9.84 Å². The highest BCUT2D eigenvalue weighted by Gasteiger charge is 2.27. The molecule has 0 aromatic rings. The van der Waals surface area contributed by atoms with Crippen LogP contribution in [-0.2, 0) is 4.74 Å². The highest BCUT2D eigenvalue weighted by atomic mass is 16.5. The van der Waals surface area contributed by atoms with Crippen LogP contribution in [0.1, 0.15) is 46.0 Å². The smallest absolute Gasteiger partial charge is 0.0654 e. The second kappa shape index (κ2) is 4.97. The Morgan fingerprint density at radius 2 is 1.92 bits per heavy atom. The van der Waals surface area contributed by atoms with Crippen LogP contribution >= 0.6 is 0 Å². The maximum absolute atomic E-state index is 8.87. The van der Waals surface area contributed by atoms with Gasteiger partial charge in [-0.3, -0.25) is 0 Å². The topological polar surface area (TPSA) is 29.5 Å². The van der Waals surface area contributed by atoms with Crippen LogP contribution in [0.3, 0.4) is 0 Å². The van der Waals surface area contributed by atoms with Crippen molar-refractivity contribution in [2.75, 3.05) is 13.2 Å². The minimum Gasteiger partial charge on any atom is -0.396 e. The third kappa shape index (κ3) is 3.65. The molecule has 0 spiro atoms. The summed E-state index contributed by atoms with van der Waals surface area (Å²) in [4.78, 5) is 0. The van der Waals surface area contributed by atoms with Crippen LogP contribution in [0.2, 0.25) is 0 Å². The van der Waals surface area contributed by atoms with Crippen LogP contribution in [0.5, 0.6) is 0 Å². The minimum atomic E-state index is 0.0989. The van der Waals surface area contributed by atoms with Gasteiger partial charge in [-0.1, -0.05) is 26.2 Å². The summed E-state index contributed by atoms with van der Waals surface area (Å²) < 4.78 is 5.86. The molecule has 0 saturated heterocycles. The van der Waals surface area contributed by atoms with Crippen molar-refractivity contribution >= 4 is 0 Å². The zero-order valence-corrected chi connectivity index (χ0v) is 8.88. The first-order chi connectivity index (χ1) is 6.16. The van der Waals surface area contributed by atoms with E-state index >= 15 is 0 Å². The van der Waals surface area contributed by atoms with Gasteiger partial charge >= 0.3 is 0 Å². The van der Waals surface area contributed by atoms with E-state index in [1.54, 1.807) is 0 Å². The van der Waals surface area contributed by atoms with E-state index in [9.17, 15) is 0 Å². The van der Waals surface area contributed by atoms with Gasteiger partial charge in [-0.05, 0) is 19.8 Å². The molecular formula is C11H22O2. The molecule has 0 amide bonds. The average molecular weight is 186 g/mol. The largest absolute Gasteiger partial charge is 0.396 e. The van der Waals surface area contributed by atoms with Gasteiger partial charge in [0.2, 0.25) is 0 Å². The van der Waals surface area contributed by atoms with E-state index in [1.807, 2.05) is 6.92 Å². The van der Waals surface area contributed by atoms with E-state index in [4.69, 9.17) is 9.84 Å². The number of rotatable bonds is 4. The van der Waals surface area contributed by atoms with Crippen LogP contribution in [-0.4, -0.2) is 23.9 Å². The Morgan fingerprint density at radius 1 is 1.31 bits per heavy atom. The van der Waals surface area contributed by atoms with Crippen molar-refractivity contribution in [1.29, 1.82) is 0 Å². The van der Waals surface area contributed by atoms with E-state index in [-0.39, 0.29) is 18.1 Å². The molecule has 0 aromatic carbocycles. The Bertz CT molecular complexity index is 139. The summed E-state index contributed by atoms with van der Waals surface area (Å²) in [5.74, 6) is 0.277. The van der Waals surface area contributed by atoms with E-state index in [1.165, 1.54) is 32.1 Å². The van der Waals surface area contributed by atoms with Gasteiger partial charge in [-0.25, -0.2) is 0 Å². The van der Waals surface area contributed by atoms with Crippen molar-refractivity contribution in [3.63, 3.8) is 0 Å². The van der Waals surface area contributed by atoms with Crippen LogP contribution < -0.4 is 0 Å². The minimum absolute atomic E-state index is 0.0989. The standard InChI is InChI=1S/C11H22O2/c1-10(8-12)9-13-11(2)6-4-3-5-7-11/h10,12H,3-9H2,1-2H3. The lowest BCUT2D eigenvalue weighted by Gasteiger charge is -2.34. The van der Waals surface area contributed by atoms with Gasteiger partial charge in [0.25, 0.3) is 0 Å². The number of hydrogen-bond acceptors (Lipinski definition) is 2. The lowest BCUT2D eigenvalue weighted by molar-refractivity contribution is -0.0732. The Morgan fingerprint density at radius 3 is 2.46 bits per heavy atom. The first kappa shape index (κ1) is 11.0. The summed E-state index contributed by atoms with van der Waals surface area (Å²) >= 11 is 0. The molecule has 2 heteroatoms. The summed E-state index contributed by atoms with van der Waals surface area (Å²) in [7, 11) is 0. The molecule has 0 aromatic heterocycles. The summed E-state index contributed by atoms with van der Waals surface area (Å²) in [5.41, 5.74) is 0.0989. The van der Waals surface area contributed by atoms with Gasteiger partial charge in [-0.15, -0.1) is 0 Å². The van der Waals surface area contributed by atoms with Crippen molar-refractivity contribution in [3.8, 4) is 0 Å². The molecule has 1 aliphatic carbocycles. The average Bonchev–Trinajstić information content (AvgIpc) is 2.15. The third-order valence-electron chi connectivity index (χ3n) is 2.94. The predicted molar refractivity (Wildman–Crippen MR) is 53.7 cm³/mol. The first-order valence-corrected chi connectivity index (χ1v) is 5.41. The molecule has 78 valence electrons. The lowest BCUT2D eigenvalue weighted by Crippen LogP contribution is -2.33. The molecule has 1 rings (SSSR count). The highest BCUT2D eigenvalue weighted by Crippen LogP contribution is 2.31. The number of aliphatic hydroxyl groups excluding tert-OH is 1.